The van der Waals surface area contributed by atoms with Crippen LogP contribution in [0.25, 0.3) is 11.0 Å². The topological polar surface area (TPSA) is 39.1 Å². The summed E-state index contributed by atoms with van der Waals surface area (Å²) in [6.45, 7) is 1.13. The standard InChI is InChI=1S/C21H19N3O/c1-3-9-17(10-4-1)15-22-24-20-14-8-7-13-19(20)23-21(24)16-25-18-11-5-2-6-12-18/h1-14,22H,15-16H2. The number of fused-ring (bicyclic) bond motifs is 1. The summed E-state index contributed by atoms with van der Waals surface area (Å²) in [6, 6.07) is 28.2. The normalized spacial score (nSPS) is 10.7. The van der Waals surface area contributed by atoms with Crippen molar-refractivity contribution in [2.75, 3.05) is 5.43 Å². The van der Waals surface area contributed by atoms with Crippen LogP contribution in [0.1, 0.15) is 11.4 Å². The summed E-state index contributed by atoms with van der Waals surface area (Å²) in [5, 5.41) is 0. The highest BCUT2D eigenvalue weighted by molar-refractivity contribution is 5.76. The van der Waals surface area contributed by atoms with E-state index < -0.39 is 0 Å². The van der Waals surface area contributed by atoms with Crippen LogP contribution in [0.15, 0.2) is 84.9 Å². The van der Waals surface area contributed by atoms with Crippen molar-refractivity contribution in [3.8, 4) is 5.75 Å². The number of aromatic nitrogens is 2. The van der Waals surface area contributed by atoms with Crippen LogP contribution in [-0.2, 0) is 13.2 Å². The summed E-state index contributed by atoms with van der Waals surface area (Å²) < 4.78 is 7.91. The van der Waals surface area contributed by atoms with E-state index in [1.165, 1.54) is 5.56 Å². The first-order chi connectivity index (χ1) is 12.4. The summed E-state index contributed by atoms with van der Waals surface area (Å²) in [4.78, 5) is 4.72. The van der Waals surface area contributed by atoms with Crippen LogP contribution < -0.4 is 10.2 Å². The molecule has 0 aliphatic heterocycles. The van der Waals surface area contributed by atoms with Crippen molar-refractivity contribution < 1.29 is 4.74 Å². The fourth-order valence-electron chi connectivity index (χ4n) is 2.78. The molecule has 1 N–H and O–H groups in total. The van der Waals surface area contributed by atoms with Gasteiger partial charge in [0, 0.05) is 0 Å². The van der Waals surface area contributed by atoms with Gasteiger partial charge in [-0.1, -0.05) is 60.7 Å². The minimum absolute atomic E-state index is 0.403. The highest BCUT2D eigenvalue weighted by atomic mass is 16.5. The zero-order valence-corrected chi connectivity index (χ0v) is 13.8. The number of hydrogen-bond acceptors (Lipinski definition) is 3. The van der Waals surface area contributed by atoms with Crippen molar-refractivity contribution in [3.63, 3.8) is 0 Å². The Balaban J connectivity index is 1.59. The highest BCUT2D eigenvalue weighted by Crippen LogP contribution is 2.17. The Morgan fingerprint density at radius 3 is 2.28 bits per heavy atom. The molecule has 4 nitrogen and oxygen atoms in total. The maximum Gasteiger partial charge on any atom is 0.166 e. The second-order valence-corrected chi connectivity index (χ2v) is 5.77. The molecule has 4 heteroatoms. The Bertz CT molecular complexity index is 949. The molecule has 4 rings (SSSR count). The summed E-state index contributed by atoms with van der Waals surface area (Å²) in [6.07, 6.45) is 0. The molecule has 0 spiro atoms. The summed E-state index contributed by atoms with van der Waals surface area (Å²) >= 11 is 0. The number of ether oxygens (including phenoxy) is 1. The van der Waals surface area contributed by atoms with E-state index in [9.17, 15) is 0 Å². The lowest BCUT2D eigenvalue weighted by atomic mass is 10.2. The van der Waals surface area contributed by atoms with Gasteiger partial charge in [-0.2, -0.15) is 0 Å². The van der Waals surface area contributed by atoms with E-state index in [0.29, 0.717) is 6.61 Å². The van der Waals surface area contributed by atoms with E-state index in [1.807, 2.05) is 71.4 Å². The smallest absolute Gasteiger partial charge is 0.166 e. The Hall–Kier alpha value is -3.27. The minimum atomic E-state index is 0.403. The Labute approximate surface area is 146 Å². The van der Waals surface area contributed by atoms with Crippen molar-refractivity contribution in [2.24, 2.45) is 0 Å². The lowest BCUT2D eigenvalue weighted by Crippen LogP contribution is -2.18. The van der Waals surface area contributed by atoms with Crippen LogP contribution >= 0.6 is 0 Å². The van der Waals surface area contributed by atoms with Crippen molar-refractivity contribution in [2.45, 2.75) is 13.2 Å². The molecule has 3 aromatic carbocycles. The SMILES string of the molecule is c1ccc(CNn2c(COc3ccccc3)nc3ccccc32)cc1. The lowest BCUT2D eigenvalue weighted by molar-refractivity contribution is 0.292. The lowest BCUT2D eigenvalue weighted by Gasteiger charge is -2.13. The molecule has 124 valence electrons. The second-order valence-electron chi connectivity index (χ2n) is 5.77. The van der Waals surface area contributed by atoms with Gasteiger partial charge < -0.3 is 10.2 Å². The number of para-hydroxylation sites is 3. The summed E-state index contributed by atoms with van der Waals surface area (Å²) in [5.41, 5.74) is 6.68. The van der Waals surface area contributed by atoms with Gasteiger partial charge in [-0.15, -0.1) is 0 Å². The molecule has 0 atom stereocenters. The number of rotatable bonds is 6. The van der Waals surface area contributed by atoms with E-state index in [1.54, 1.807) is 0 Å². The quantitative estimate of drug-likeness (QED) is 0.571. The predicted molar refractivity (Wildman–Crippen MR) is 100 cm³/mol. The molecule has 0 saturated heterocycles. The third-order valence-corrected chi connectivity index (χ3v) is 4.03. The Kier molecular flexibility index (Phi) is 4.33. The van der Waals surface area contributed by atoms with Gasteiger partial charge in [0.25, 0.3) is 0 Å². The minimum Gasteiger partial charge on any atom is -0.486 e. The van der Waals surface area contributed by atoms with Gasteiger partial charge in [0.15, 0.2) is 5.82 Å². The Morgan fingerprint density at radius 2 is 1.48 bits per heavy atom. The van der Waals surface area contributed by atoms with E-state index in [2.05, 4.69) is 23.6 Å². The molecule has 4 aromatic rings. The van der Waals surface area contributed by atoms with Crippen LogP contribution in [0.3, 0.4) is 0 Å². The maximum absolute atomic E-state index is 5.89. The maximum atomic E-state index is 5.89. The molecule has 0 saturated carbocycles. The number of nitrogens with zero attached hydrogens (tertiary/aromatic N) is 2. The molecule has 25 heavy (non-hydrogen) atoms. The van der Waals surface area contributed by atoms with Crippen molar-refractivity contribution >= 4 is 11.0 Å². The average molecular weight is 329 g/mol. The number of imidazole rings is 1. The number of benzene rings is 3. The van der Waals surface area contributed by atoms with Gasteiger partial charge in [0.2, 0.25) is 0 Å². The Morgan fingerprint density at radius 1 is 0.800 bits per heavy atom. The van der Waals surface area contributed by atoms with E-state index in [-0.39, 0.29) is 0 Å². The van der Waals surface area contributed by atoms with Gasteiger partial charge in [-0.05, 0) is 29.8 Å². The molecule has 0 amide bonds. The molecule has 0 aliphatic carbocycles. The predicted octanol–water partition coefficient (Wildman–Crippen LogP) is 4.36. The average Bonchev–Trinajstić information content (AvgIpc) is 3.04. The second kappa shape index (κ2) is 7.09. The van der Waals surface area contributed by atoms with Crippen LogP contribution in [0.2, 0.25) is 0 Å². The van der Waals surface area contributed by atoms with Gasteiger partial charge in [0.05, 0.1) is 17.6 Å². The molecular weight excluding hydrogens is 310 g/mol. The summed E-state index contributed by atoms with van der Waals surface area (Å²) in [5.74, 6) is 1.69. The van der Waals surface area contributed by atoms with Gasteiger partial charge >= 0.3 is 0 Å². The van der Waals surface area contributed by atoms with Crippen LogP contribution in [0.4, 0.5) is 0 Å². The van der Waals surface area contributed by atoms with Crippen LogP contribution in [0, 0.1) is 0 Å². The molecule has 1 aromatic heterocycles. The van der Waals surface area contributed by atoms with Crippen molar-refractivity contribution in [1.29, 1.82) is 0 Å². The first-order valence-electron chi connectivity index (χ1n) is 8.32. The molecule has 1 heterocycles. The summed E-state index contributed by atoms with van der Waals surface area (Å²) in [7, 11) is 0. The zero-order valence-electron chi connectivity index (χ0n) is 13.8. The zero-order chi connectivity index (χ0) is 16.9. The van der Waals surface area contributed by atoms with Gasteiger partial charge in [-0.25, -0.2) is 9.66 Å². The number of nitrogens with one attached hydrogen (secondary N) is 1. The molecule has 0 aliphatic rings. The van der Waals surface area contributed by atoms with E-state index in [4.69, 9.17) is 9.72 Å². The highest BCUT2D eigenvalue weighted by Gasteiger charge is 2.11. The fraction of sp³-hybridized carbons (Fsp3) is 0.0952. The number of hydrogen-bond donors (Lipinski definition) is 1. The van der Waals surface area contributed by atoms with E-state index >= 15 is 0 Å². The van der Waals surface area contributed by atoms with Crippen LogP contribution in [0.5, 0.6) is 5.75 Å². The van der Waals surface area contributed by atoms with Gasteiger partial charge in [0.1, 0.15) is 12.4 Å². The largest absolute Gasteiger partial charge is 0.486 e. The molecule has 0 unspecified atom stereocenters. The van der Waals surface area contributed by atoms with Crippen molar-refractivity contribution in [3.05, 3.63) is 96.3 Å². The van der Waals surface area contributed by atoms with Crippen LogP contribution in [-0.4, -0.2) is 9.66 Å². The molecule has 0 bridgehead atoms. The molecule has 0 fully saturated rings. The molecule has 0 radical (unpaired) electrons. The molecular formula is C21H19N3O. The third-order valence-electron chi connectivity index (χ3n) is 4.03. The van der Waals surface area contributed by atoms with E-state index in [0.717, 1.165) is 29.2 Å². The fourth-order valence-corrected chi connectivity index (χ4v) is 2.78. The van der Waals surface area contributed by atoms with Crippen molar-refractivity contribution in [1.82, 2.24) is 9.66 Å². The monoisotopic (exact) mass is 329 g/mol. The van der Waals surface area contributed by atoms with Gasteiger partial charge in [-0.3, -0.25) is 0 Å². The third kappa shape index (κ3) is 3.48. The first kappa shape index (κ1) is 15.3. The first-order valence-corrected chi connectivity index (χ1v) is 8.32.